The number of nitrogens with two attached hydrogens (primary N) is 1. The van der Waals surface area contributed by atoms with Crippen molar-refractivity contribution in [1.29, 1.82) is 0 Å². The minimum Gasteiger partial charge on any atom is -0.370 e. The molecular formula is C12H16F2IN3S. The zero-order valence-electron chi connectivity index (χ0n) is 10.3. The van der Waals surface area contributed by atoms with Gasteiger partial charge in [-0.1, -0.05) is 0 Å². The van der Waals surface area contributed by atoms with Gasteiger partial charge in [0.25, 0.3) is 0 Å². The van der Waals surface area contributed by atoms with Crippen molar-refractivity contribution < 1.29 is 8.78 Å². The monoisotopic (exact) mass is 399 g/mol. The first kappa shape index (κ1) is 16.5. The second-order valence-corrected chi connectivity index (χ2v) is 5.23. The van der Waals surface area contributed by atoms with E-state index in [9.17, 15) is 8.78 Å². The van der Waals surface area contributed by atoms with Crippen LogP contribution in [0, 0.1) is 11.6 Å². The number of benzene rings is 1. The van der Waals surface area contributed by atoms with Gasteiger partial charge in [-0.2, -0.15) is 11.8 Å². The summed E-state index contributed by atoms with van der Waals surface area (Å²) in [6.45, 7) is 1.77. The summed E-state index contributed by atoms with van der Waals surface area (Å²) in [7, 11) is 0. The molecule has 7 heteroatoms. The van der Waals surface area contributed by atoms with Gasteiger partial charge in [-0.15, -0.1) is 24.0 Å². The topological polar surface area (TPSA) is 41.6 Å². The molecule has 1 aromatic rings. The standard InChI is InChI=1S/C12H15F2N3S.HI/c13-10-1-2-11(14)9(7-10)8-16-12(15)17-3-5-18-6-4-17;/h1-2,7H,3-6,8H2,(H2,15,16);1H. The van der Waals surface area contributed by atoms with Crippen molar-refractivity contribution in [3.8, 4) is 0 Å². The lowest BCUT2D eigenvalue weighted by molar-refractivity contribution is 0.455. The van der Waals surface area contributed by atoms with Gasteiger partial charge in [0.05, 0.1) is 6.54 Å². The van der Waals surface area contributed by atoms with Gasteiger partial charge in [0, 0.05) is 30.2 Å². The van der Waals surface area contributed by atoms with E-state index in [4.69, 9.17) is 5.73 Å². The van der Waals surface area contributed by atoms with Gasteiger partial charge < -0.3 is 10.6 Å². The van der Waals surface area contributed by atoms with E-state index in [2.05, 4.69) is 4.99 Å². The third-order valence-corrected chi connectivity index (χ3v) is 3.70. The molecule has 0 aromatic heterocycles. The predicted molar refractivity (Wildman–Crippen MR) is 86.0 cm³/mol. The van der Waals surface area contributed by atoms with E-state index in [1.165, 1.54) is 0 Å². The summed E-state index contributed by atoms with van der Waals surface area (Å²) in [5.74, 6) is 1.52. The summed E-state index contributed by atoms with van der Waals surface area (Å²) in [5.41, 5.74) is 6.06. The first-order valence-corrected chi connectivity index (χ1v) is 6.89. The minimum atomic E-state index is -0.463. The largest absolute Gasteiger partial charge is 0.370 e. The fourth-order valence-corrected chi connectivity index (χ4v) is 2.63. The average molecular weight is 399 g/mol. The Balaban J connectivity index is 0.00000180. The van der Waals surface area contributed by atoms with Gasteiger partial charge in [0.1, 0.15) is 11.6 Å². The molecule has 3 nitrogen and oxygen atoms in total. The summed E-state index contributed by atoms with van der Waals surface area (Å²) in [5, 5.41) is 0. The number of hydrogen-bond acceptors (Lipinski definition) is 2. The highest BCUT2D eigenvalue weighted by molar-refractivity contribution is 14.0. The van der Waals surface area contributed by atoms with Crippen LogP contribution in [0.3, 0.4) is 0 Å². The van der Waals surface area contributed by atoms with E-state index in [1.54, 1.807) is 0 Å². The van der Waals surface area contributed by atoms with Crippen LogP contribution in [0.5, 0.6) is 0 Å². The highest BCUT2D eigenvalue weighted by Crippen LogP contribution is 2.12. The molecule has 19 heavy (non-hydrogen) atoms. The lowest BCUT2D eigenvalue weighted by atomic mass is 10.2. The molecule has 1 aromatic carbocycles. The van der Waals surface area contributed by atoms with Crippen LogP contribution in [0.15, 0.2) is 23.2 Å². The van der Waals surface area contributed by atoms with Crippen LogP contribution in [-0.2, 0) is 6.54 Å². The van der Waals surface area contributed by atoms with Crippen LogP contribution >= 0.6 is 35.7 Å². The first-order chi connectivity index (χ1) is 8.66. The summed E-state index contributed by atoms with van der Waals surface area (Å²) in [4.78, 5) is 6.09. The zero-order valence-corrected chi connectivity index (χ0v) is 13.5. The SMILES string of the molecule is I.NC(=NCc1cc(F)ccc1F)N1CCSCC1. The molecule has 0 spiro atoms. The molecule has 0 unspecified atom stereocenters. The Bertz CT molecular complexity index is 451. The Kier molecular flexibility index (Phi) is 6.84. The van der Waals surface area contributed by atoms with Crippen molar-refractivity contribution in [2.75, 3.05) is 24.6 Å². The van der Waals surface area contributed by atoms with Gasteiger partial charge in [0.2, 0.25) is 0 Å². The van der Waals surface area contributed by atoms with Crippen molar-refractivity contribution in [1.82, 2.24) is 4.90 Å². The molecule has 106 valence electrons. The van der Waals surface area contributed by atoms with Crippen LogP contribution in [0.2, 0.25) is 0 Å². The first-order valence-electron chi connectivity index (χ1n) is 5.73. The highest BCUT2D eigenvalue weighted by atomic mass is 127. The normalized spacial score (nSPS) is 16.1. The van der Waals surface area contributed by atoms with E-state index in [0.29, 0.717) is 5.96 Å². The molecule has 1 aliphatic rings. The summed E-state index contributed by atoms with van der Waals surface area (Å²) in [6, 6.07) is 3.35. The summed E-state index contributed by atoms with van der Waals surface area (Å²) < 4.78 is 26.3. The Morgan fingerprint density at radius 2 is 2.00 bits per heavy atom. The van der Waals surface area contributed by atoms with Crippen LogP contribution < -0.4 is 5.73 Å². The fraction of sp³-hybridized carbons (Fsp3) is 0.417. The number of guanidine groups is 1. The molecule has 0 atom stereocenters. The zero-order chi connectivity index (χ0) is 13.0. The smallest absolute Gasteiger partial charge is 0.191 e. The van der Waals surface area contributed by atoms with Crippen molar-refractivity contribution >= 4 is 41.7 Å². The molecule has 0 amide bonds. The Morgan fingerprint density at radius 1 is 1.32 bits per heavy atom. The number of rotatable bonds is 2. The average Bonchev–Trinajstić information content (AvgIpc) is 2.40. The van der Waals surface area contributed by atoms with Gasteiger partial charge in [-0.25, -0.2) is 13.8 Å². The third kappa shape index (κ3) is 4.79. The molecule has 1 aliphatic heterocycles. The maximum absolute atomic E-state index is 13.4. The van der Waals surface area contributed by atoms with Crippen molar-refractivity contribution in [3.63, 3.8) is 0 Å². The summed E-state index contributed by atoms with van der Waals surface area (Å²) >= 11 is 1.87. The number of hydrogen-bond donors (Lipinski definition) is 1. The molecule has 1 saturated heterocycles. The predicted octanol–water partition coefficient (Wildman–Crippen LogP) is 2.45. The quantitative estimate of drug-likeness (QED) is 0.472. The number of thioether (sulfide) groups is 1. The molecular weight excluding hydrogens is 383 g/mol. The second-order valence-electron chi connectivity index (χ2n) is 4.01. The van der Waals surface area contributed by atoms with Crippen LogP contribution in [0.1, 0.15) is 5.56 Å². The van der Waals surface area contributed by atoms with Gasteiger partial charge >= 0.3 is 0 Å². The Morgan fingerprint density at radius 3 is 2.68 bits per heavy atom. The maximum atomic E-state index is 13.4. The van der Waals surface area contributed by atoms with Crippen LogP contribution in [-0.4, -0.2) is 35.5 Å². The van der Waals surface area contributed by atoms with Crippen molar-refractivity contribution in [2.24, 2.45) is 10.7 Å². The van der Waals surface area contributed by atoms with E-state index >= 15 is 0 Å². The Labute approximate surface area is 132 Å². The van der Waals surface area contributed by atoms with Crippen LogP contribution in [0.4, 0.5) is 8.78 Å². The molecule has 2 N–H and O–H groups in total. The number of aliphatic imine (C=N–C) groups is 1. The van der Waals surface area contributed by atoms with Crippen molar-refractivity contribution in [3.05, 3.63) is 35.4 Å². The molecule has 0 aliphatic carbocycles. The molecule has 0 saturated carbocycles. The Hall–Kier alpha value is -0.570. The van der Waals surface area contributed by atoms with Gasteiger partial charge in [-0.05, 0) is 18.2 Å². The fourth-order valence-electron chi connectivity index (χ4n) is 1.72. The van der Waals surface area contributed by atoms with Gasteiger partial charge in [0.15, 0.2) is 5.96 Å². The van der Waals surface area contributed by atoms with Crippen molar-refractivity contribution in [2.45, 2.75) is 6.54 Å². The number of halogens is 3. The van der Waals surface area contributed by atoms with Gasteiger partial charge in [-0.3, -0.25) is 0 Å². The molecule has 2 rings (SSSR count). The second kappa shape index (κ2) is 7.88. The number of nitrogens with zero attached hydrogens (tertiary/aromatic N) is 2. The van der Waals surface area contributed by atoms with E-state index < -0.39 is 11.6 Å². The van der Waals surface area contributed by atoms with E-state index in [0.717, 1.165) is 42.8 Å². The molecule has 1 heterocycles. The minimum absolute atomic E-state index is 0. The maximum Gasteiger partial charge on any atom is 0.191 e. The summed E-state index contributed by atoms with van der Waals surface area (Å²) in [6.07, 6.45) is 0. The lowest BCUT2D eigenvalue weighted by Crippen LogP contribution is -2.42. The highest BCUT2D eigenvalue weighted by Gasteiger charge is 2.12. The molecule has 0 bridgehead atoms. The lowest BCUT2D eigenvalue weighted by Gasteiger charge is -2.27. The molecule has 0 radical (unpaired) electrons. The third-order valence-electron chi connectivity index (χ3n) is 2.75. The van der Waals surface area contributed by atoms with Crippen LogP contribution in [0.25, 0.3) is 0 Å². The van der Waals surface area contributed by atoms with E-state index in [-0.39, 0.29) is 36.1 Å². The van der Waals surface area contributed by atoms with E-state index in [1.807, 2.05) is 16.7 Å². The molecule has 1 fully saturated rings.